The number of nitrogens with zero attached hydrogens (tertiary/aromatic N) is 2. The fourth-order valence-corrected chi connectivity index (χ4v) is 5.19. The number of amides is 1. The minimum absolute atomic E-state index is 0.317. The van der Waals surface area contributed by atoms with E-state index in [1.54, 1.807) is 31.2 Å². The Morgan fingerprint density at radius 2 is 1.80 bits per heavy atom. The van der Waals surface area contributed by atoms with Gasteiger partial charge in [-0.05, 0) is 68.1 Å². The van der Waals surface area contributed by atoms with E-state index in [-0.39, 0.29) is 5.91 Å². The van der Waals surface area contributed by atoms with Gasteiger partial charge in [0, 0.05) is 29.5 Å². The average molecular weight is 450 g/mol. The van der Waals surface area contributed by atoms with Crippen LogP contribution in [-0.4, -0.2) is 39.7 Å². The van der Waals surface area contributed by atoms with Crippen LogP contribution in [0.15, 0.2) is 48.5 Å². The number of halogens is 1. The Kier molecular flexibility index (Phi) is 7.26. The van der Waals surface area contributed by atoms with Crippen molar-refractivity contribution in [3.63, 3.8) is 0 Å². The van der Waals surface area contributed by atoms with Gasteiger partial charge >= 0.3 is 0 Å². The molecule has 0 saturated carbocycles. The zero-order chi connectivity index (χ0) is 21.7. The van der Waals surface area contributed by atoms with Crippen LogP contribution in [0.4, 0.5) is 17.1 Å². The summed E-state index contributed by atoms with van der Waals surface area (Å²) in [6.45, 7) is 3.88. The van der Waals surface area contributed by atoms with Gasteiger partial charge in [0.15, 0.2) is 0 Å². The van der Waals surface area contributed by atoms with Gasteiger partial charge in [0.1, 0.15) is 6.04 Å². The van der Waals surface area contributed by atoms with E-state index in [2.05, 4.69) is 10.2 Å². The highest BCUT2D eigenvalue weighted by molar-refractivity contribution is 7.92. The molecular formula is C22H28ClN3O3S. The van der Waals surface area contributed by atoms with Crippen LogP contribution >= 0.6 is 11.6 Å². The number of sulfonamides is 1. The molecule has 0 bridgehead atoms. The fourth-order valence-electron chi connectivity index (χ4n) is 3.81. The number of nitrogens with one attached hydrogen (secondary N) is 1. The van der Waals surface area contributed by atoms with Gasteiger partial charge in [0.05, 0.1) is 11.9 Å². The van der Waals surface area contributed by atoms with E-state index in [1.807, 2.05) is 24.3 Å². The standard InChI is InChI=1S/C22H28ClN3O3S/c1-3-21(26(30(2,28)29)20-9-7-8-17(23)16-20)22(27)24-18-10-12-19(13-11-18)25-14-5-4-6-15-25/h7-13,16,21H,3-6,14-15H2,1-2H3,(H,24,27). The first-order chi connectivity index (χ1) is 14.3. The molecule has 30 heavy (non-hydrogen) atoms. The summed E-state index contributed by atoms with van der Waals surface area (Å²) >= 11 is 6.05. The van der Waals surface area contributed by atoms with Crippen LogP contribution in [0.25, 0.3) is 0 Å². The van der Waals surface area contributed by atoms with E-state index < -0.39 is 16.1 Å². The molecule has 0 aromatic heterocycles. The summed E-state index contributed by atoms with van der Waals surface area (Å²) in [5, 5.41) is 3.27. The van der Waals surface area contributed by atoms with E-state index in [1.165, 1.54) is 19.3 Å². The molecule has 0 spiro atoms. The van der Waals surface area contributed by atoms with Gasteiger partial charge in [0.25, 0.3) is 0 Å². The molecule has 162 valence electrons. The van der Waals surface area contributed by atoms with Crippen molar-refractivity contribution in [2.45, 2.75) is 38.6 Å². The van der Waals surface area contributed by atoms with Crippen LogP contribution in [0.3, 0.4) is 0 Å². The molecule has 1 atom stereocenters. The number of carbonyl (C=O) groups is 1. The zero-order valence-corrected chi connectivity index (χ0v) is 18.9. The molecule has 8 heteroatoms. The Bertz CT molecular complexity index is 973. The summed E-state index contributed by atoms with van der Waals surface area (Å²) in [6.07, 6.45) is 5.07. The highest BCUT2D eigenvalue weighted by atomic mass is 35.5. The number of hydrogen-bond acceptors (Lipinski definition) is 4. The maximum absolute atomic E-state index is 13.0. The summed E-state index contributed by atoms with van der Waals surface area (Å²) in [7, 11) is -3.70. The van der Waals surface area contributed by atoms with Gasteiger partial charge in [-0.1, -0.05) is 24.6 Å². The van der Waals surface area contributed by atoms with Crippen LogP contribution in [-0.2, 0) is 14.8 Å². The molecule has 1 saturated heterocycles. The predicted molar refractivity (Wildman–Crippen MR) is 124 cm³/mol. The summed E-state index contributed by atoms with van der Waals surface area (Å²) in [4.78, 5) is 15.4. The highest BCUT2D eigenvalue weighted by Crippen LogP contribution is 2.27. The molecule has 0 aliphatic carbocycles. The first-order valence-corrected chi connectivity index (χ1v) is 12.4. The van der Waals surface area contributed by atoms with Crippen LogP contribution in [0.2, 0.25) is 5.02 Å². The molecule has 2 aromatic rings. The molecule has 1 aliphatic rings. The van der Waals surface area contributed by atoms with Crippen molar-refractivity contribution in [2.75, 3.05) is 33.9 Å². The number of carbonyl (C=O) groups excluding carboxylic acids is 1. The summed E-state index contributed by atoms with van der Waals surface area (Å²) < 4.78 is 26.2. The number of benzene rings is 2. The Labute approximate surface area is 183 Å². The second kappa shape index (κ2) is 9.71. The molecular weight excluding hydrogens is 422 g/mol. The third-order valence-corrected chi connectivity index (χ3v) is 6.66. The molecule has 1 aliphatic heterocycles. The van der Waals surface area contributed by atoms with E-state index >= 15 is 0 Å². The minimum atomic E-state index is -3.70. The Morgan fingerprint density at radius 3 is 2.37 bits per heavy atom. The predicted octanol–water partition coefficient (Wildman–Crippen LogP) is 4.51. The van der Waals surface area contributed by atoms with Gasteiger partial charge < -0.3 is 10.2 Å². The van der Waals surface area contributed by atoms with Crippen LogP contribution in [0.5, 0.6) is 0 Å². The molecule has 6 nitrogen and oxygen atoms in total. The largest absolute Gasteiger partial charge is 0.372 e. The lowest BCUT2D eigenvalue weighted by Gasteiger charge is -2.30. The normalized spacial score (nSPS) is 15.5. The van der Waals surface area contributed by atoms with E-state index in [0.717, 1.165) is 29.3 Å². The Balaban J connectivity index is 1.79. The maximum Gasteiger partial charge on any atom is 0.248 e. The first kappa shape index (κ1) is 22.4. The smallest absolute Gasteiger partial charge is 0.248 e. The van der Waals surface area contributed by atoms with Crippen LogP contribution in [0, 0.1) is 0 Å². The fraction of sp³-hybridized carbons (Fsp3) is 0.409. The van der Waals surface area contributed by atoms with Crippen molar-refractivity contribution in [3.05, 3.63) is 53.6 Å². The van der Waals surface area contributed by atoms with Crippen molar-refractivity contribution in [1.29, 1.82) is 0 Å². The van der Waals surface area contributed by atoms with Gasteiger partial charge in [-0.15, -0.1) is 0 Å². The molecule has 3 rings (SSSR count). The van der Waals surface area contributed by atoms with Gasteiger partial charge in [-0.2, -0.15) is 0 Å². The van der Waals surface area contributed by atoms with Gasteiger partial charge in [0.2, 0.25) is 15.9 Å². The van der Waals surface area contributed by atoms with E-state index in [0.29, 0.717) is 22.8 Å². The molecule has 0 radical (unpaired) electrons. The zero-order valence-electron chi connectivity index (χ0n) is 17.3. The van der Waals surface area contributed by atoms with Crippen molar-refractivity contribution in [2.24, 2.45) is 0 Å². The lowest BCUT2D eigenvalue weighted by molar-refractivity contribution is -0.117. The van der Waals surface area contributed by atoms with Crippen molar-refractivity contribution in [3.8, 4) is 0 Å². The van der Waals surface area contributed by atoms with Gasteiger partial charge in [-0.25, -0.2) is 8.42 Å². The van der Waals surface area contributed by atoms with E-state index in [4.69, 9.17) is 11.6 Å². The van der Waals surface area contributed by atoms with Crippen molar-refractivity contribution < 1.29 is 13.2 Å². The summed E-state index contributed by atoms with van der Waals surface area (Å²) in [5.74, 6) is -0.381. The van der Waals surface area contributed by atoms with Crippen molar-refractivity contribution in [1.82, 2.24) is 0 Å². The van der Waals surface area contributed by atoms with E-state index in [9.17, 15) is 13.2 Å². The molecule has 1 fully saturated rings. The number of anilines is 3. The molecule has 1 unspecified atom stereocenters. The number of rotatable bonds is 7. The third-order valence-electron chi connectivity index (χ3n) is 5.25. The maximum atomic E-state index is 13.0. The SMILES string of the molecule is CCC(C(=O)Nc1ccc(N2CCCCC2)cc1)N(c1cccc(Cl)c1)S(C)(=O)=O. The number of piperidine rings is 1. The second-order valence-electron chi connectivity index (χ2n) is 7.55. The Hall–Kier alpha value is -2.25. The first-order valence-electron chi connectivity index (χ1n) is 10.2. The molecule has 1 N–H and O–H groups in total. The lowest BCUT2D eigenvalue weighted by Crippen LogP contribution is -2.47. The minimum Gasteiger partial charge on any atom is -0.372 e. The molecule has 1 heterocycles. The topological polar surface area (TPSA) is 69.7 Å². The summed E-state index contributed by atoms with van der Waals surface area (Å²) in [6, 6.07) is 13.3. The quantitative estimate of drug-likeness (QED) is 0.675. The van der Waals surface area contributed by atoms with Crippen LogP contribution in [0.1, 0.15) is 32.6 Å². The third kappa shape index (κ3) is 5.46. The molecule has 2 aromatic carbocycles. The monoisotopic (exact) mass is 449 g/mol. The Morgan fingerprint density at radius 1 is 1.13 bits per heavy atom. The highest BCUT2D eigenvalue weighted by Gasteiger charge is 2.31. The van der Waals surface area contributed by atoms with Crippen LogP contribution < -0.4 is 14.5 Å². The van der Waals surface area contributed by atoms with Gasteiger partial charge in [-0.3, -0.25) is 9.10 Å². The second-order valence-corrected chi connectivity index (χ2v) is 9.84. The lowest BCUT2D eigenvalue weighted by atomic mass is 10.1. The number of hydrogen-bond donors (Lipinski definition) is 1. The average Bonchev–Trinajstić information content (AvgIpc) is 2.72. The summed E-state index contributed by atoms with van der Waals surface area (Å²) in [5.41, 5.74) is 2.14. The molecule has 1 amide bonds. The van der Waals surface area contributed by atoms with Crippen molar-refractivity contribution >= 4 is 44.6 Å².